The van der Waals surface area contributed by atoms with E-state index < -0.39 is 11.9 Å². The number of aryl methyl sites for hydroxylation is 1. The molecular weight excluding hydrogens is 477 g/mol. The van der Waals surface area contributed by atoms with Gasteiger partial charge in [-0.2, -0.15) is 5.10 Å². The van der Waals surface area contributed by atoms with Gasteiger partial charge in [0.1, 0.15) is 5.75 Å². The van der Waals surface area contributed by atoms with Gasteiger partial charge in [-0.3, -0.25) is 14.3 Å². The molecule has 1 N–H and O–H groups in total. The molecule has 0 spiro atoms. The molecule has 0 bridgehead atoms. The van der Waals surface area contributed by atoms with Crippen LogP contribution in [0.5, 0.6) is 5.75 Å². The number of ether oxygens (including phenoxy) is 1. The predicted molar refractivity (Wildman–Crippen MR) is 130 cm³/mol. The van der Waals surface area contributed by atoms with Crippen molar-refractivity contribution in [1.29, 1.82) is 0 Å². The quantitative estimate of drug-likeness (QED) is 0.475. The molecule has 3 aromatic rings. The highest BCUT2D eigenvalue weighted by Gasteiger charge is 2.31. The first-order chi connectivity index (χ1) is 16.2. The van der Waals surface area contributed by atoms with E-state index in [0.29, 0.717) is 18.7 Å². The monoisotopic (exact) mass is 501 g/mol. The highest BCUT2D eigenvalue weighted by molar-refractivity contribution is 6.40. The van der Waals surface area contributed by atoms with Gasteiger partial charge in [0.15, 0.2) is 6.73 Å². The number of hydrogen-bond acceptors (Lipinski definition) is 4. The fourth-order valence-electron chi connectivity index (χ4n) is 4.41. The second-order valence-corrected chi connectivity index (χ2v) is 9.29. The van der Waals surface area contributed by atoms with Gasteiger partial charge in [0.05, 0.1) is 34.3 Å². The summed E-state index contributed by atoms with van der Waals surface area (Å²) < 4.78 is 7.69. The minimum absolute atomic E-state index is 0.0117. The Hall–Kier alpha value is -3.03. The molecule has 0 saturated heterocycles. The molecule has 2 unspecified atom stereocenters. The average Bonchev–Trinajstić information content (AvgIpc) is 3.25. The maximum atomic E-state index is 13.4. The molecule has 1 aliphatic heterocycles. The smallest absolute Gasteiger partial charge is 0.306 e. The fraction of sp³-hybridized carbons (Fsp3) is 0.320. The first-order valence-corrected chi connectivity index (χ1v) is 11.7. The lowest BCUT2D eigenvalue weighted by Gasteiger charge is -2.32. The van der Waals surface area contributed by atoms with E-state index in [1.807, 2.05) is 38.4 Å². The second kappa shape index (κ2) is 9.68. The van der Waals surface area contributed by atoms with Crippen LogP contribution < -0.4 is 4.74 Å². The molecule has 4 rings (SSSR count). The Morgan fingerprint density at radius 1 is 1.21 bits per heavy atom. The Balaban J connectivity index is 1.61. The van der Waals surface area contributed by atoms with Crippen LogP contribution in [0.3, 0.4) is 0 Å². The molecule has 9 heteroatoms. The fourth-order valence-corrected chi connectivity index (χ4v) is 5.06. The second-order valence-electron chi connectivity index (χ2n) is 8.47. The third-order valence-electron chi connectivity index (χ3n) is 6.27. The van der Waals surface area contributed by atoms with Crippen LogP contribution in [0, 0.1) is 5.92 Å². The zero-order chi connectivity index (χ0) is 24.6. The van der Waals surface area contributed by atoms with Crippen LogP contribution in [0.25, 0.3) is 11.1 Å². The van der Waals surface area contributed by atoms with Crippen molar-refractivity contribution in [2.75, 3.05) is 6.73 Å². The van der Waals surface area contributed by atoms with Crippen molar-refractivity contribution >= 4 is 35.1 Å². The molecule has 0 aliphatic carbocycles. The van der Waals surface area contributed by atoms with E-state index in [1.54, 1.807) is 29.9 Å². The van der Waals surface area contributed by atoms with Crippen LogP contribution in [0.2, 0.25) is 10.0 Å². The summed E-state index contributed by atoms with van der Waals surface area (Å²) in [6.45, 7) is 3.98. The Kier molecular flexibility index (Phi) is 6.86. The number of amides is 1. The van der Waals surface area contributed by atoms with Crippen molar-refractivity contribution in [1.82, 2.24) is 14.7 Å². The molecule has 2 heterocycles. The summed E-state index contributed by atoms with van der Waals surface area (Å²) in [5.74, 6) is -1.30. The zero-order valence-corrected chi connectivity index (χ0v) is 20.6. The SMILES string of the molecule is CCC(c1cccc2c1OCN(C(=O)c1c(Cl)cc(-c3cnn(C)c3)cc1Cl)C2)C(C)C(=O)O. The lowest BCUT2D eigenvalue weighted by atomic mass is 9.83. The summed E-state index contributed by atoms with van der Waals surface area (Å²) in [4.78, 5) is 26.5. The summed E-state index contributed by atoms with van der Waals surface area (Å²) in [5, 5.41) is 14.2. The number of aliphatic carboxylic acids is 1. The van der Waals surface area contributed by atoms with Crippen molar-refractivity contribution in [3.8, 4) is 16.9 Å². The molecule has 1 amide bonds. The number of carboxylic acids is 1. The van der Waals surface area contributed by atoms with E-state index in [0.717, 1.165) is 22.3 Å². The van der Waals surface area contributed by atoms with Crippen molar-refractivity contribution in [2.45, 2.75) is 32.7 Å². The molecule has 1 aliphatic rings. The first kappa shape index (κ1) is 24.1. The number of carbonyl (C=O) groups is 2. The van der Waals surface area contributed by atoms with E-state index in [-0.39, 0.29) is 34.2 Å². The molecule has 34 heavy (non-hydrogen) atoms. The van der Waals surface area contributed by atoms with E-state index in [4.69, 9.17) is 27.9 Å². The summed E-state index contributed by atoms with van der Waals surface area (Å²) in [6.07, 6.45) is 4.20. The van der Waals surface area contributed by atoms with E-state index in [9.17, 15) is 14.7 Å². The van der Waals surface area contributed by atoms with Gasteiger partial charge in [0, 0.05) is 30.3 Å². The summed E-state index contributed by atoms with van der Waals surface area (Å²) in [7, 11) is 1.81. The molecule has 2 atom stereocenters. The lowest BCUT2D eigenvalue weighted by molar-refractivity contribution is -0.141. The molecular formula is C25H25Cl2N3O4. The molecule has 2 aromatic carbocycles. The van der Waals surface area contributed by atoms with E-state index in [1.165, 1.54) is 4.90 Å². The molecule has 0 saturated carbocycles. The normalized spacial score (nSPS) is 14.8. The molecule has 178 valence electrons. The maximum absolute atomic E-state index is 13.4. The number of carbonyl (C=O) groups excluding carboxylic acids is 1. The number of nitrogens with zero attached hydrogens (tertiary/aromatic N) is 3. The molecule has 0 fully saturated rings. The van der Waals surface area contributed by atoms with Crippen molar-refractivity contribution < 1.29 is 19.4 Å². The van der Waals surface area contributed by atoms with Crippen molar-refractivity contribution in [2.24, 2.45) is 13.0 Å². The van der Waals surface area contributed by atoms with Crippen molar-refractivity contribution in [3.63, 3.8) is 0 Å². The Morgan fingerprint density at radius 2 is 1.91 bits per heavy atom. The third-order valence-corrected chi connectivity index (χ3v) is 6.86. The number of fused-ring (bicyclic) bond motifs is 1. The van der Waals surface area contributed by atoms with Crippen molar-refractivity contribution in [3.05, 3.63) is 69.5 Å². The van der Waals surface area contributed by atoms with Gasteiger partial charge in [0.25, 0.3) is 5.91 Å². The third kappa shape index (κ3) is 4.50. The Morgan fingerprint density at radius 3 is 2.50 bits per heavy atom. The number of halogens is 2. The van der Waals surface area contributed by atoms with Gasteiger partial charge in [0.2, 0.25) is 0 Å². The Bertz CT molecular complexity index is 1230. The van der Waals surface area contributed by atoms with Gasteiger partial charge in [-0.15, -0.1) is 0 Å². The highest BCUT2D eigenvalue weighted by atomic mass is 35.5. The first-order valence-electron chi connectivity index (χ1n) is 11.0. The summed E-state index contributed by atoms with van der Waals surface area (Å²) in [5.41, 5.74) is 3.48. The number of benzene rings is 2. The highest BCUT2D eigenvalue weighted by Crippen LogP contribution is 2.40. The van der Waals surface area contributed by atoms with Crippen LogP contribution in [-0.2, 0) is 18.4 Å². The van der Waals surface area contributed by atoms with Gasteiger partial charge in [-0.1, -0.05) is 55.2 Å². The van der Waals surface area contributed by atoms with Gasteiger partial charge in [-0.05, 0) is 29.7 Å². The van der Waals surface area contributed by atoms with Gasteiger partial charge < -0.3 is 14.7 Å². The molecule has 0 radical (unpaired) electrons. The van der Waals surface area contributed by atoms with Crippen LogP contribution in [0.4, 0.5) is 0 Å². The van der Waals surface area contributed by atoms with E-state index >= 15 is 0 Å². The predicted octanol–water partition coefficient (Wildman–Crippen LogP) is 5.60. The number of para-hydroxylation sites is 1. The number of hydrogen-bond donors (Lipinski definition) is 1. The minimum Gasteiger partial charge on any atom is -0.481 e. The zero-order valence-electron chi connectivity index (χ0n) is 19.1. The van der Waals surface area contributed by atoms with Gasteiger partial charge >= 0.3 is 5.97 Å². The topological polar surface area (TPSA) is 84.7 Å². The van der Waals surface area contributed by atoms with Crippen LogP contribution >= 0.6 is 23.2 Å². The summed E-state index contributed by atoms with van der Waals surface area (Å²) >= 11 is 13.0. The Labute approximate surface area is 207 Å². The average molecular weight is 502 g/mol. The standard InChI is InChI=1S/C25H25Cl2N3O4/c1-4-18(14(2)25(32)33)19-7-5-6-15-12-30(13-34-23(15)19)24(31)22-20(26)8-16(9-21(22)27)17-10-28-29(3)11-17/h5-11,14,18H,4,12-13H2,1-3H3,(H,32,33). The van der Waals surface area contributed by atoms with Crippen LogP contribution in [-0.4, -0.2) is 38.4 Å². The number of rotatable bonds is 6. The van der Waals surface area contributed by atoms with Gasteiger partial charge in [-0.25, -0.2) is 0 Å². The molecule has 1 aromatic heterocycles. The number of carboxylic acid groups (broad SMARTS) is 1. The van der Waals surface area contributed by atoms with Crippen LogP contribution in [0.1, 0.15) is 47.7 Å². The van der Waals surface area contributed by atoms with E-state index in [2.05, 4.69) is 5.10 Å². The maximum Gasteiger partial charge on any atom is 0.306 e. The summed E-state index contributed by atoms with van der Waals surface area (Å²) in [6, 6.07) is 9.05. The lowest BCUT2D eigenvalue weighted by Crippen LogP contribution is -2.38. The largest absolute Gasteiger partial charge is 0.481 e. The van der Waals surface area contributed by atoms with Crippen LogP contribution in [0.15, 0.2) is 42.7 Å². The minimum atomic E-state index is -0.851. The molecule has 7 nitrogen and oxygen atoms in total. The number of aromatic nitrogens is 2.